The van der Waals surface area contributed by atoms with Crippen LogP contribution in [-0.4, -0.2) is 6.61 Å². The number of para-hydroxylation sites is 1. The number of nitrogen functional groups attached to an aromatic ring is 1. The van der Waals surface area contributed by atoms with E-state index in [2.05, 4.69) is 13.0 Å². The summed E-state index contributed by atoms with van der Waals surface area (Å²) in [4.78, 5) is 0. The van der Waals surface area contributed by atoms with Gasteiger partial charge in [0, 0.05) is 22.9 Å². The molecule has 0 saturated heterocycles. The Hall–Kier alpha value is -3.13. The fraction of sp³-hybridized carbons (Fsp3) is 0.318. The van der Waals surface area contributed by atoms with Crippen molar-refractivity contribution >= 4 is 5.69 Å². The number of anilines is 1. The third-order valence-corrected chi connectivity index (χ3v) is 4.73. The number of nitriles is 1. The van der Waals surface area contributed by atoms with Gasteiger partial charge >= 0.3 is 0 Å². The average molecular weight is 363 g/mol. The largest absolute Gasteiger partial charge is 0.493 e. The van der Waals surface area contributed by atoms with Crippen molar-refractivity contribution in [3.63, 3.8) is 0 Å². The van der Waals surface area contributed by atoms with Gasteiger partial charge in [0.1, 0.15) is 23.1 Å². The van der Waals surface area contributed by atoms with Crippen LogP contribution < -0.4 is 20.9 Å². The Bertz CT molecular complexity index is 883. The zero-order valence-electron chi connectivity index (χ0n) is 15.6. The van der Waals surface area contributed by atoms with E-state index in [9.17, 15) is 5.26 Å². The predicted molar refractivity (Wildman–Crippen MR) is 106 cm³/mol. The minimum absolute atomic E-state index is 0.110. The first-order chi connectivity index (χ1) is 13.2. The van der Waals surface area contributed by atoms with Crippen molar-refractivity contribution in [1.29, 1.82) is 5.26 Å². The molecule has 1 atom stereocenters. The van der Waals surface area contributed by atoms with Crippen molar-refractivity contribution in [1.82, 2.24) is 0 Å². The standard InChI is InChI=1S/C22H25N3O2/c1-2-3-4-7-12-26-19-9-6-5-8-16(19)21-17-11-10-15(24)13-20(17)27-22(25)18(21)14-23/h5-6,8-11,13,21H,2-4,7,12,24-25H2,1H3/t21-/m0/s1. The molecular formula is C22H25N3O2. The van der Waals surface area contributed by atoms with Gasteiger partial charge in [-0.1, -0.05) is 50.5 Å². The van der Waals surface area contributed by atoms with E-state index in [-0.39, 0.29) is 11.8 Å². The monoisotopic (exact) mass is 363 g/mol. The summed E-state index contributed by atoms with van der Waals surface area (Å²) in [5, 5.41) is 9.70. The van der Waals surface area contributed by atoms with Crippen LogP contribution in [0.25, 0.3) is 0 Å². The molecule has 0 unspecified atom stereocenters. The van der Waals surface area contributed by atoms with Crippen LogP contribution in [0.5, 0.6) is 11.5 Å². The van der Waals surface area contributed by atoms with Crippen molar-refractivity contribution in [3.8, 4) is 17.6 Å². The van der Waals surface area contributed by atoms with Crippen LogP contribution in [0, 0.1) is 11.3 Å². The number of allylic oxidation sites excluding steroid dienone is 1. The Morgan fingerprint density at radius 3 is 2.67 bits per heavy atom. The van der Waals surface area contributed by atoms with Crippen molar-refractivity contribution in [2.24, 2.45) is 5.73 Å². The van der Waals surface area contributed by atoms with E-state index in [1.807, 2.05) is 30.3 Å². The molecule has 5 nitrogen and oxygen atoms in total. The topological polar surface area (TPSA) is 94.3 Å². The van der Waals surface area contributed by atoms with Crippen LogP contribution in [0.3, 0.4) is 0 Å². The molecule has 3 rings (SSSR count). The van der Waals surface area contributed by atoms with Crippen molar-refractivity contribution in [3.05, 3.63) is 65.0 Å². The van der Waals surface area contributed by atoms with Crippen molar-refractivity contribution in [2.75, 3.05) is 12.3 Å². The van der Waals surface area contributed by atoms with E-state index in [4.69, 9.17) is 20.9 Å². The molecule has 0 aliphatic carbocycles. The first-order valence-electron chi connectivity index (χ1n) is 9.34. The number of rotatable bonds is 7. The van der Waals surface area contributed by atoms with Crippen LogP contribution in [0.15, 0.2) is 53.9 Å². The molecule has 0 spiro atoms. The molecule has 1 heterocycles. The highest BCUT2D eigenvalue weighted by molar-refractivity contribution is 5.61. The minimum Gasteiger partial charge on any atom is -0.493 e. The number of hydrogen-bond acceptors (Lipinski definition) is 5. The molecule has 1 aliphatic rings. The van der Waals surface area contributed by atoms with Crippen molar-refractivity contribution in [2.45, 2.75) is 38.5 Å². The Morgan fingerprint density at radius 2 is 1.89 bits per heavy atom. The summed E-state index contributed by atoms with van der Waals surface area (Å²) < 4.78 is 11.7. The Labute approximate surface area is 160 Å². The summed E-state index contributed by atoms with van der Waals surface area (Å²) in [5.41, 5.74) is 14.7. The second-order valence-electron chi connectivity index (χ2n) is 6.67. The zero-order valence-corrected chi connectivity index (χ0v) is 15.6. The number of nitrogens with zero attached hydrogens (tertiary/aromatic N) is 1. The Morgan fingerprint density at radius 1 is 1.07 bits per heavy atom. The molecule has 0 fully saturated rings. The van der Waals surface area contributed by atoms with E-state index >= 15 is 0 Å². The second kappa shape index (κ2) is 8.50. The fourth-order valence-corrected chi connectivity index (χ4v) is 3.35. The summed E-state index contributed by atoms with van der Waals surface area (Å²) in [7, 11) is 0. The maximum absolute atomic E-state index is 9.70. The summed E-state index contributed by atoms with van der Waals surface area (Å²) in [6.07, 6.45) is 4.55. The summed E-state index contributed by atoms with van der Waals surface area (Å²) in [5.74, 6) is 1.11. The lowest BCUT2D eigenvalue weighted by atomic mass is 9.83. The highest BCUT2D eigenvalue weighted by Gasteiger charge is 2.32. The Kier molecular flexibility index (Phi) is 5.87. The number of benzene rings is 2. The van der Waals surface area contributed by atoms with E-state index in [1.54, 1.807) is 12.1 Å². The lowest BCUT2D eigenvalue weighted by Crippen LogP contribution is -2.21. The normalized spacial score (nSPS) is 15.6. The smallest absolute Gasteiger partial charge is 0.205 e. The number of ether oxygens (including phenoxy) is 2. The van der Waals surface area contributed by atoms with Gasteiger partial charge in [-0.3, -0.25) is 0 Å². The quantitative estimate of drug-likeness (QED) is 0.560. The van der Waals surface area contributed by atoms with E-state index < -0.39 is 0 Å². The van der Waals surface area contributed by atoms with Crippen LogP contribution in [0.1, 0.15) is 49.7 Å². The maximum Gasteiger partial charge on any atom is 0.205 e. The molecule has 5 heteroatoms. The van der Waals surface area contributed by atoms with Gasteiger partial charge in [-0.05, 0) is 18.6 Å². The minimum atomic E-state index is -0.341. The average Bonchev–Trinajstić information content (AvgIpc) is 2.67. The lowest BCUT2D eigenvalue weighted by molar-refractivity contribution is 0.301. The molecule has 140 valence electrons. The summed E-state index contributed by atoms with van der Waals surface area (Å²) in [6.45, 7) is 2.83. The molecule has 2 aromatic rings. The first-order valence-corrected chi connectivity index (χ1v) is 9.34. The Balaban J connectivity index is 1.96. The highest BCUT2D eigenvalue weighted by Crippen LogP contribution is 2.45. The first kappa shape index (κ1) is 18.7. The van der Waals surface area contributed by atoms with Gasteiger partial charge < -0.3 is 20.9 Å². The van der Waals surface area contributed by atoms with Crippen LogP contribution in [-0.2, 0) is 0 Å². The molecule has 1 aliphatic heterocycles. The maximum atomic E-state index is 9.70. The predicted octanol–water partition coefficient (Wildman–Crippen LogP) is 4.45. The van der Waals surface area contributed by atoms with E-state index in [1.165, 1.54) is 12.8 Å². The second-order valence-corrected chi connectivity index (χ2v) is 6.67. The van der Waals surface area contributed by atoms with E-state index in [0.29, 0.717) is 23.6 Å². The molecule has 2 aromatic carbocycles. The molecule has 0 bridgehead atoms. The van der Waals surface area contributed by atoms with Gasteiger partial charge in [0.05, 0.1) is 12.5 Å². The van der Waals surface area contributed by atoms with E-state index in [0.717, 1.165) is 29.7 Å². The fourth-order valence-electron chi connectivity index (χ4n) is 3.35. The zero-order chi connectivity index (χ0) is 19.2. The van der Waals surface area contributed by atoms with Crippen molar-refractivity contribution < 1.29 is 9.47 Å². The van der Waals surface area contributed by atoms with Crippen LogP contribution >= 0.6 is 0 Å². The van der Waals surface area contributed by atoms with Gasteiger partial charge in [0.25, 0.3) is 0 Å². The van der Waals surface area contributed by atoms with Gasteiger partial charge in [0.15, 0.2) is 0 Å². The number of nitrogens with two attached hydrogens (primary N) is 2. The van der Waals surface area contributed by atoms with Gasteiger partial charge in [-0.25, -0.2) is 0 Å². The molecular weight excluding hydrogens is 338 g/mol. The van der Waals surface area contributed by atoms with Crippen LogP contribution in [0.2, 0.25) is 0 Å². The molecule has 27 heavy (non-hydrogen) atoms. The van der Waals surface area contributed by atoms with Gasteiger partial charge in [0.2, 0.25) is 5.88 Å². The molecule has 0 amide bonds. The molecule has 0 saturated carbocycles. The third-order valence-electron chi connectivity index (χ3n) is 4.73. The molecule has 0 radical (unpaired) electrons. The van der Waals surface area contributed by atoms with Crippen LogP contribution in [0.4, 0.5) is 5.69 Å². The number of fused-ring (bicyclic) bond motifs is 1. The summed E-state index contributed by atoms with van der Waals surface area (Å²) in [6, 6.07) is 15.4. The number of unbranched alkanes of at least 4 members (excludes halogenated alkanes) is 3. The SMILES string of the molecule is CCCCCCOc1ccccc1[C@@H]1C(C#N)=C(N)Oc2cc(N)ccc21. The van der Waals surface area contributed by atoms with Gasteiger partial charge in [-0.15, -0.1) is 0 Å². The third kappa shape index (κ3) is 4.01. The number of hydrogen-bond donors (Lipinski definition) is 2. The highest BCUT2D eigenvalue weighted by atomic mass is 16.5. The molecule has 4 N–H and O–H groups in total. The summed E-state index contributed by atoms with van der Waals surface area (Å²) >= 11 is 0. The molecule has 0 aromatic heterocycles. The lowest BCUT2D eigenvalue weighted by Gasteiger charge is -2.27. The van der Waals surface area contributed by atoms with Gasteiger partial charge in [-0.2, -0.15) is 5.26 Å².